The molecule has 0 fully saturated rings. The van der Waals surface area contributed by atoms with Gasteiger partial charge in [0.05, 0.1) is 8.66 Å². The van der Waals surface area contributed by atoms with Crippen LogP contribution in [0.25, 0.3) is 0 Å². The monoisotopic (exact) mass is 380 g/mol. The van der Waals surface area contributed by atoms with Crippen LogP contribution < -0.4 is 0 Å². The van der Waals surface area contributed by atoms with Gasteiger partial charge in [0.1, 0.15) is 11.6 Å². The number of hydrogen-bond donors (Lipinski definition) is 0. The molecule has 0 saturated heterocycles. The van der Waals surface area contributed by atoms with Gasteiger partial charge in [-0.2, -0.15) is 0 Å². The van der Waals surface area contributed by atoms with Crippen LogP contribution in [0, 0.1) is 11.6 Å². The maximum Gasteiger partial charge on any atom is 0.203 e. The first-order chi connectivity index (χ1) is 7.97. The Bertz CT molecular complexity index is 555. The maximum atomic E-state index is 13.0. The number of ketones is 1. The zero-order chi connectivity index (χ0) is 12.6. The highest BCUT2D eigenvalue weighted by Gasteiger charge is 2.15. The molecule has 1 aromatic carbocycles. The molecule has 2 rings (SSSR count). The maximum absolute atomic E-state index is 13.0. The molecule has 0 aliphatic heterocycles. The fourth-order valence-electron chi connectivity index (χ4n) is 1.29. The molecule has 1 nitrogen and oxygen atoms in total. The van der Waals surface area contributed by atoms with Crippen molar-refractivity contribution in [2.75, 3.05) is 0 Å². The van der Waals surface area contributed by atoms with Crippen LogP contribution in [0.3, 0.4) is 0 Å². The Kier molecular flexibility index (Phi) is 3.75. The molecular weight excluding hydrogens is 378 g/mol. The molecule has 0 spiro atoms. The van der Waals surface area contributed by atoms with Gasteiger partial charge in [-0.05, 0) is 50.1 Å². The lowest BCUT2D eigenvalue weighted by molar-refractivity contribution is 0.104. The smallest absolute Gasteiger partial charge is 0.203 e. The Labute approximate surface area is 117 Å². The average Bonchev–Trinajstić information content (AvgIpc) is 2.57. The summed E-state index contributed by atoms with van der Waals surface area (Å²) in [4.78, 5) is 12.4. The number of carbonyl (C=O) groups excluding carboxylic acids is 1. The molecule has 0 amide bonds. The minimum atomic E-state index is -0.761. The normalized spacial score (nSPS) is 10.6. The molecule has 0 saturated carbocycles. The van der Waals surface area contributed by atoms with Gasteiger partial charge in [-0.3, -0.25) is 4.79 Å². The molecule has 17 heavy (non-hydrogen) atoms. The molecule has 0 N–H and O–H groups in total. The van der Waals surface area contributed by atoms with Gasteiger partial charge < -0.3 is 0 Å². The Balaban J connectivity index is 2.43. The van der Waals surface area contributed by atoms with Crippen molar-refractivity contribution in [3.05, 3.63) is 54.6 Å². The summed E-state index contributed by atoms with van der Waals surface area (Å²) in [6.45, 7) is 0. The molecule has 6 heteroatoms. The molecule has 0 unspecified atom stereocenters. The summed E-state index contributed by atoms with van der Waals surface area (Å²) in [5, 5.41) is 0. The number of halogens is 4. The minimum absolute atomic E-state index is 0.00347. The van der Waals surface area contributed by atoms with Gasteiger partial charge in [0.2, 0.25) is 5.78 Å². The Morgan fingerprint density at radius 1 is 1.06 bits per heavy atom. The molecule has 1 aromatic heterocycles. The average molecular weight is 382 g/mol. The van der Waals surface area contributed by atoms with Crippen LogP contribution in [0.15, 0.2) is 32.5 Å². The van der Waals surface area contributed by atoms with E-state index < -0.39 is 17.4 Å². The summed E-state index contributed by atoms with van der Waals surface area (Å²) in [5.41, 5.74) is 0.00347. The highest BCUT2D eigenvalue weighted by molar-refractivity contribution is 9.13. The highest BCUT2D eigenvalue weighted by Crippen LogP contribution is 2.33. The SMILES string of the molecule is O=C(c1cc(F)cc(F)c1)c1cc(Br)c(Br)s1. The summed E-state index contributed by atoms with van der Waals surface area (Å²) in [6, 6.07) is 4.39. The lowest BCUT2D eigenvalue weighted by Crippen LogP contribution is -2.00. The fourth-order valence-corrected chi connectivity index (χ4v) is 3.28. The Morgan fingerprint density at radius 3 is 2.12 bits per heavy atom. The van der Waals surface area contributed by atoms with E-state index in [1.165, 1.54) is 11.3 Å². The van der Waals surface area contributed by atoms with Gasteiger partial charge in [-0.25, -0.2) is 8.78 Å². The summed E-state index contributed by atoms with van der Waals surface area (Å²) in [6.07, 6.45) is 0. The van der Waals surface area contributed by atoms with Crippen LogP contribution in [0.5, 0.6) is 0 Å². The van der Waals surface area contributed by atoms with Crippen LogP contribution in [-0.4, -0.2) is 5.78 Å². The summed E-state index contributed by atoms with van der Waals surface area (Å²) >= 11 is 7.71. The third-order valence-electron chi connectivity index (χ3n) is 1.99. The quantitative estimate of drug-likeness (QED) is 0.684. The fraction of sp³-hybridized carbons (Fsp3) is 0. The van der Waals surface area contributed by atoms with E-state index in [0.717, 1.165) is 26.5 Å². The Morgan fingerprint density at radius 2 is 1.65 bits per heavy atom. The number of hydrogen-bond acceptors (Lipinski definition) is 2. The standard InChI is InChI=1S/C11H4Br2F2OS/c12-8-4-9(17-11(8)13)10(16)5-1-6(14)3-7(15)2-5/h1-4H. The van der Waals surface area contributed by atoms with Crippen molar-refractivity contribution in [2.45, 2.75) is 0 Å². The van der Waals surface area contributed by atoms with E-state index in [1.54, 1.807) is 6.07 Å². The first kappa shape index (κ1) is 12.9. The molecule has 88 valence electrons. The van der Waals surface area contributed by atoms with E-state index in [2.05, 4.69) is 31.9 Å². The van der Waals surface area contributed by atoms with Crippen molar-refractivity contribution in [1.29, 1.82) is 0 Å². The summed E-state index contributed by atoms with van der Waals surface area (Å²) in [7, 11) is 0. The number of thiophene rings is 1. The van der Waals surface area contributed by atoms with Crippen molar-refractivity contribution >= 4 is 49.0 Å². The molecular formula is C11H4Br2F2OS. The van der Waals surface area contributed by atoms with Gasteiger partial charge >= 0.3 is 0 Å². The van der Waals surface area contributed by atoms with Crippen LogP contribution in [-0.2, 0) is 0 Å². The van der Waals surface area contributed by atoms with Crippen LogP contribution in [0.4, 0.5) is 8.78 Å². The van der Waals surface area contributed by atoms with E-state index in [4.69, 9.17) is 0 Å². The first-order valence-electron chi connectivity index (χ1n) is 4.43. The van der Waals surface area contributed by atoms with Crippen LogP contribution >= 0.6 is 43.2 Å². The molecule has 0 aliphatic carbocycles. The second-order valence-corrected chi connectivity index (χ2v) is 6.44. The van der Waals surface area contributed by atoms with E-state index in [1.807, 2.05) is 0 Å². The second-order valence-electron chi connectivity index (χ2n) is 3.22. The van der Waals surface area contributed by atoms with Gasteiger partial charge in [0.15, 0.2) is 0 Å². The van der Waals surface area contributed by atoms with Crippen molar-refractivity contribution in [1.82, 2.24) is 0 Å². The molecule has 2 aromatic rings. The number of benzene rings is 1. The third-order valence-corrected chi connectivity index (χ3v) is 5.25. The van der Waals surface area contributed by atoms with Crippen molar-refractivity contribution < 1.29 is 13.6 Å². The predicted octanol–water partition coefficient (Wildman–Crippen LogP) is 4.78. The lowest BCUT2D eigenvalue weighted by Gasteiger charge is -1.98. The van der Waals surface area contributed by atoms with E-state index in [0.29, 0.717) is 4.88 Å². The van der Waals surface area contributed by atoms with Crippen molar-refractivity contribution in [2.24, 2.45) is 0 Å². The molecule has 0 atom stereocenters. The summed E-state index contributed by atoms with van der Waals surface area (Å²) in [5.74, 6) is -1.93. The van der Waals surface area contributed by atoms with E-state index in [-0.39, 0.29) is 5.56 Å². The zero-order valence-corrected chi connectivity index (χ0v) is 12.1. The molecule has 1 heterocycles. The van der Waals surface area contributed by atoms with Gasteiger partial charge in [0, 0.05) is 16.1 Å². The molecule has 0 aliphatic rings. The second kappa shape index (κ2) is 4.96. The van der Waals surface area contributed by atoms with Crippen molar-refractivity contribution in [3.63, 3.8) is 0 Å². The lowest BCUT2D eigenvalue weighted by atomic mass is 10.1. The van der Waals surface area contributed by atoms with Gasteiger partial charge in [-0.1, -0.05) is 0 Å². The number of carbonyl (C=O) groups is 1. The van der Waals surface area contributed by atoms with Crippen LogP contribution in [0.1, 0.15) is 15.2 Å². The first-order valence-corrected chi connectivity index (χ1v) is 6.83. The van der Waals surface area contributed by atoms with E-state index >= 15 is 0 Å². The topological polar surface area (TPSA) is 17.1 Å². The minimum Gasteiger partial charge on any atom is -0.288 e. The van der Waals surface area contributed by atoms with Gasteiger partial charge in [0.25, 0.3) is 0 Å². The largest absolute Gasteiger partial charge is 0.288 e. The van der Waals surface area contributed by atoms with E-state index in [9.17, 15) is 13.6 Å². The van der Waals surface area contributed by atoms with Gasteiger partial charge in [-0.15, -0.1) is 11.3 Å². The Hall–Kier alpha value is -0.590. The molecule has 0 radical (unpaired) electrons. The third kappa shape index (κ3) is 2.81. The zero-order valence-electron chi connectivity index (χ0n) is 8.14. The molecule has 0 bridgehead atoms. The van der Waals surface area contributed by atoms with Crippen molar-refractivity contribution in [3.8, 4) is 0 Å². The predicted molar refractivity (Wildman–Crippen MR) is 69.5 cm³/mol. The number of rotatable bonds is 2. The summed E-state index contributed by atoms with van der Waals surface area (Å²) < 4.78 is 27.5. The van der Waals surface area contributed by atoms with Crippen LogP contribution in [0.2, 0.25) is 0 Å². The highest BCUT2D eigenvalue weighted by atomic mass is 79.9.